The standard InChI is InChI=1S/C23H27N3O2S/c1-13(2)16-10-7-8-14(3)21(16)25-19(27)12-26-15(4)24-22-20(23(26)28)17-9-5-6-11-18(17)29-22/h7-8,10,13H,5-6,9,11-12H2,1-4H3,(H,25,27). The SMILES string of the molecule is Cc1cccc(C(C)C)c1NC(=O)Cn1c(C)nc2sc3c(c2c1=O)CCCC3. The Morgan fingerprint density at radius 2 is 2.00 bits per heavy atom. The number of carbonyl (C=O) groups excluding carboxylic acids is 1. The van der Waals surface area contributed by atoms with Crippen molar-refractivity contribution in [1.29, 1.82) is 0 Å². The molecule has 1 aromatic carbocycles. The number of thiophene rings is 1. The van der Waals surface area contributed by atoms with E-state index >= 15 is 0 Å². The van der Waals surface area contributed by atoms with Crippen LogP contribution in [0, 0.1) is 13.8 Å². The Morgan fingerprint density at radius 1 is 1.24 bits per heavy atom. The van der Waals surface area contributed by atoms with Crippen LogP contribution in [-0.4, -0.2) is 15.5 Å². The zero-order chi connectivity index (χ0) is 20.7. The van der Waals surface area contributed by atoms with Crippen LogP contribution < -0.4 is 10.9 Å². The van der Waals surface area contributed by atoms with E-state index in [1.807, 2.05) is 25.1 Å². The van der Waals surface area contributed by atoms with Gasteiger partial charge in [-0.15, -0.1) is 11.3 Å². The Labute approximate surface area is 174 Å². The number of hydrogen-bond acceptors (Lipinski definition) is 4. The first-order valence-corrected chi connectivity index (χ1v) is 11.1. The van der Waals surface area contributed by atoms with Crippen molar-refractivity contribution in [2.45, 2.75) is 65.8 Å². The van der Waals surface area contributed by atoms with Crippen LogP contribution in [0.4, 0.5) is 5.69 Å². The van der Waals surface area contributed by atoms with Crippen molar-refractivity contribution in [1.82, 2.24) is 9.55 Å². The predicted octanol–water partition coefficient (Wildman–Crippen LogP) is 4.72. The monoisotopic (exact) mass is 409 g/mol. The summed E-state index contributed by atoms with van der Waals surface area (Å²) in [7, 11) is 0. The number of amides is 1. The van der Waals surface area contributed by atoms with E-state index in [4.69, 9.17) is 0 Å². The molecular weight excluding hydrogens is 382 g/mol. The molecule has 0 radical (unpaired) electrons. The highest BCUT2D eigenvalue weighted by atomic mass is 32.1. The smallest absolute Gasteiger partial charge is 0.263 e. The average Bonchev–Trinajstić information content (AvgIpc) is 3.04. The van der Waals surface area contributed by atoms with Crippen LogP contribution in [0.3, 0.4) is 0 Å². The highest BCUT2D eigenvalue weighted by Crippen LogP contribution is 2.33. The topological polar surface area (TPSA) is 64.0 Å². The lowest BCUT2D eigenvalue weighted by Crippen LogP contribution is -2.30. The van der Waals surface area contributed by atoms with E-state index in [1.54, 1.807) is 18.3 Å². The summed E-state index contributed by atoms with van der Waals surface area (Å²) in [6.07, 6.45) is 4.24. The third kappa shape index (κ3) is 3.62. The number of nitrogens with one attached hydrogen (secondary N) is 1. The molecule has 4 rings (SSSR count). The van der Waals surface area contributed by atoms with Crippen molar-refractivity contribution >= 4 is 33.1 Å². The number of aryl methyl sites for hydroxylation is 4. The minimum atomic E-state index is -0.198. The van der Waals surface area contributed by atoms with Crippen LogP contribution >= 0.6 is 11.3 Å². The number of para-hydroxylation sites is 1. The van der Waals surface area contributed by atoms with Gasteiger partial charge < -0.3 is 5.32 Å². The van der Waals surface area contributed by atoms with E-state index in [0.717, 1.165) is 51.9 Å². The normalized spacial score (nSPS) is 13.7. The predicted molar refractivity (Wildman–Crippen MR) is 119 cm³/mol. The molecule has 3 aromatic rings. The van der Waals surface area contributed by atoms with Crippen LogP contribution in [0.15, 0.2) is 23.0 Å². The van der Waals surface area contributed by atoms with Gasteiger partial charge in [0.2, 0.25) is 5.91 Å². The van der Waals surface area contributed by atoms with Gasteiger partial charge in [-0.2, -0.15) is 0 Å². The van der Waals surface area contributed by atoms with Crippen molar-refractivity contribution < 1.29 is 4.79 Å². The minimum Gasteiger partial charge on any atom is -0.324 e. The van der Waals surface area contributed by atoms with Gasteiger partial charge in [-0.05, 0) is 62.1 Å². The first kappa shape index (κ1) is 19.8. The molecule has 0 saturated carbocycles. The van der Waals surface area contributed by atoms with Crippen LogP contribution in [0.25, 0.3) is 10.2 Å². The Balaban J connectivity index is 1.68. The Bertz CT molecular complexity index is 1160. The molecule has 0 saturated heterocycles. The molecule has 0 atom stereocenters. The number of rotatable bonds is 4. The molecule has 1 aliphatic carbocycles. The van der Waals surface area contributed by atoms with Gasteiger partial charge in [-0.3, -0.25) is 14.2 Å². The van der Waals surface area contributed by atoms with Crippen molar-refractivity contribution in [3.05, 3.63) is 55.9 Å². The molecule has 0 spiro atoms. The maximum atomic E-state index is 13.3. The quantitative estimate of drug-likeness (QED) is 0.678. The molecule has 1 aliphatic rings. The summed E-state index contributed by atoms with van der Waals surface area (Å²) in [4.78, 5) is 32.9. The zero-order valence-electron chi connectivity index (χ0n) is 17.5. The fourth-order valence-electron chi connectivity index (χ4n) is 4.19. The number of aromatic nitrogens is 2. The number of carbonyl (C=O) groups is 1. The molecule has 6 heteroatoms. The number of benzene rings is 1. The summed E-state index contributed by atoms with van der Waals surface area (Å²) in [5.74, 6) is 0.687. The largest absolute Gasteiger partial charge is 0.324 e. The molecule has 0 bridgehead atoms. The maximum absolute atomic E-state index is 13.3. The number of anilines is 1. The van der Waals surface area contributed by atoms with Crippen molar-refractivity contribution in [3.63, 3.8) is 0 Å². The molecule has 2 heterocycles. The van der Waals surface area contributed by atoms with Crippen LogP contribution in [-0.2, 0) is 24.2 Å². The summed E-state index contributed by atoms with van der Waals surface area (Å²) in [6.45, 7) is 7.99. The van der Waals surface area contributed by atoms with E-state index in [-0.39, 0.29) is 18.0 Å². The molecule has 0 unspecified atom stereocenters. The third-order valence-electron chi connectivity index (χ3n) is 5.76. The summed E-state index contributed by atoms with van der Waals surface area (Å²) < 4.78 is 1.52. The number of hydrogen-bond donors (Lipinski definition) is 1. The first-order valence-electron chi connectivity index (χ1n) is 10.3. The molecule has 1 amide bonds. The molecule has 0 aliphatic heterocycles. The molecule has 2 aromatic heterocycles. The van der Waals surface area contributed by atoms with E-state index in [2.05, 4.69) is 24.1 Å². The fraction of sp³-hybridized carbons (Fsp3) is 0.435. The van der Waals surface area contributed by atoms with Crippen molar-refractivity contribution in [2.75, 3.05) is 5.32 Å². The molecule has 0 fully saturated rings. The second-order valence-corrected chi connectivity index (χ2v) is 9.27. The van der Waals surface area contributed by atoms with Gasteiger partial charge in [0.25, 0.3) is 5.56 Å². The van der Waals surface area contributed by atoms with Gasteiger partial charge in [-0.25, -0.2) is 4.98 Å². The van der Waals surface area contributed by atoms with E-state index in [9.17, 15) is 9.59 Å². The van der Waals surface area contributed by atoms with Gasteiger partial charge >= 0.3 is 0 Å². The minimum absolute atomic E-state index is 0.0237. The summed E-state index contributed by atoms with van der Waals surface area (Å²) in [5, 5.41) is 3.77. The summed E-state index contributed by atoms with van der Waals surface area (Å²) in [6, 6.07) is 6.03. The van der Waals surface area contributed by atoms with Crippen molar-refractivity contribution in [2.24, 2.45) is 0 Å². The third-order valence-corrected chi connectivity index (χ3v) is 6.94. The summed E-state index contributed by atoms with van der Waals surface area (Å²) >= 11 is 1.64. The molecule has 152 valence electrons. The van der Waals surface area contributed by atoms with E-state index < -0.39 is 0 Å². The Morgan fingerprint density at radius 3 is 2.76 bits per heavy atom. The van der Waals surface area contributed by atoms with Crippen molar-refractivity contribution in [3.8, 4) is 0 Å². The number of nitrogens with zero attached hydrogens (tertiary/aromatic N) is 2. The van der Waals surface area contributed by atoms with E-state index in [0.29, 0.717) is 11.7 Å². The fourth-order valence-corrected chi connectivity index (χ4v) is 5.49. The van der Waals surface area contributed by atoms with Gasteiger partial charge in [0.15, 0.2) is 0 Å². The lowest BCUT2D eigenvalue weighted by molar-refractivity contribution is -0.116. The lowest BCUT2D eigenvalue weighted by Gasteiger charge is -2.17. The zero-order valence-corrected chi connectivity index (χ0v) is 18.3. The average molecular weight is 410 g/mol. The van der Waals surface area contributed by atoms with Crippen LogP contribution in [0.2, 0.25) is 0 Å². The molecule has 29 heavy (non-hydrogen) atoms. The van der Waals surface area contributed by atoms with Gasteiger partial charge in [0, 0.05) is 10.6 Å². The van der Waals surface area contributed by atoms with Gasteiger partial charge in [0.05, 0.1) is 5.39 Å². The highest BCUT2D eigenvalue weighted by Gasteiger charge is 2.22. The molecule has 5 nitrogen and oxygen atoms in total. The van der Waals surface area contributed by atoms with Gasteiger partial charge in [-0.1, -0.05) is 32.0 Å². The highest BCUT2D eigenvalue weighted by molar-refractivity contribution is 7.18. The lowest BCUT2D eigenvalue weighted by atomic mass is 9.97. The maximum Gasteiger partial charge on any atom is 0.263 e. The first-order chi connectivity index (χ1) is 13.9. The Kier molecular flexibility index (Phi) is 5.30. The van der Waals surface area contributed by atoms with Crippen LogP contribution in [0.1, 0.15) is 60.0 Å². The van der Waals surface area contributed by atoms with Crippen LogP contribution in [0.5, 0.6) is 0 Å². The Hall–Kier alpha value is -2.47. The second-order valence-electron chi connectivity index (χ2n) is 8.18. The second kappa shape index (κ2) is 7.75. The molecular formula is C23H27N3O2S. The molecule has 1 N–H and O–H groups in total. The van der Waals surface area contributed by atoms with E-state index in [1.165, 1.54) is 15.9 Å². The van der Waals surface area contributed by atoms with Gasteiger partial charge in [0.1, 0.15) is 17.2 Å². The number of fused-ring (bicyclic) bond motifs is 3. The summed E-state index contributed by atoms with van der Waals surface area (Å²) in [5.41, 5.74) is 4.04.